The second kappa shape index (κ2) is 6.37. The van der Waals surface area contributed by atoms with Gasteiger partial charge in [0.15, 0.2) is 0 Å². The Labute approximate surface area is 156 Å². The van der Waals surface area contributed by atoms with E-state index in [1.54, 1.807) is 24.4 Å². The maximum Gasteiger partial charge on any atom is 0.307 e. The van der Waals surface area contributed by atoms with Crippen molar-refractivity contribution >= 4 is 34.5 Å². The van der Waals surface area contributed by atoms with Crippen molar-refractivity contribution in [3.63, 3.8) is 0 Å². The van der Waals surface area contributed by atoms with Crippen molar-refractivity contribution in [2.75, 3.05) is 0 Å². The molecule has 1 aromatic carbocycles. The zero-order chi connectivity index (χ0) is 17.6. The zero-order valence-corrected chi connectivity index (χ0v) is 15.1. The van der Waals surface area contributed by atoms with Gasteiger partial charge in [-0.25, -0.2) is 0 Å². The average Bonchev–Trinajstić information content (AvgIpc) is 3.12. The molecular weight excluding hydrogens is 383 g/mol. The first-order chi connectivity index (χ1) is 12.0. The van der Waals surface area contributed by atoms with Gasteiger partial charge in [0, 0.05) is 10.9 Å². The molecule has 1 atom stereocenters. The van der Waals surface area contributed by atoms with Crippen LogP contribution in [-0.2, 0) is 6.42 Å². The summed E-state index contributed by atoms with van der Waals surface area (Å²) in [5, 5.41) is 10.9. The van der Waals surface area contributed by atoms with Gasteiger partial charge in [0.1, 0.15) is 11.5 Å². The van der Waals surface area contributed by atoms with Gasteiger partial charge in [-0.15, -0.1) is 0 Å². The Morgan fingerprint density at radius 2 is 2.16 bits per heavy atom. The SMILES string of the molecule is O=c1[nH]c(O)c([C@@H]2CCc3cc(Oc4ccc(Cl)cc4Cl)cnc32)s1. The van der Waals surface area contributed by atoms with Gasteiger partial charge in [0.2, 0.25) is 5.88 Å². The van der Waals surface area contributed by atoms with Crippen molar-refractivity contribution in [2.45, 2.75) is 18.8 Å². The quantitative estimate of drug-likeness (QED) is 0.673. The first kappa shape index (κ1) is 16.4. The lowest BCUT2D eigenvalue weighted by Gasteiger charge is -2.11. The van der Waals surface area contributed by atoms with Crippen molar-refractivity contribution in [1.82, 2.24) is 9.97 Å². The van der Waals surface area contributed by atoms with E-state index in [1.807, 2.05) is 6.07 Å². The number of aromatic nitrogens is 2. The highest BCUT2D eigenvalue weighted by molar-refractivity contribution is 7.09. The van der Waals surface area contributed by atoms with Crippen LogP contribution < -0.4 is 9.61 Å². The van der Waals surface area contributed by atoms with E-state index in [0.717, 1.165) is 35.4 Å². The van der Waals surface area contributed by atoms with E-state index in [2.05, 4.69) is 9.97 Å². The van der Waals surface area contributed by atoms with Gasteiger partial charge in [0.25, 0.3) is 0 Å². The first-order valence-corrected chi connectivity index (χ1v) is 9.12. The highest BCUT2D eigenvalue weighted by Crippen LogP contribution is 2.42. The van der Waals surface area contributed by atoms with E-state index in [9.17, 15) is 9.90 Å². The van der Waals surface area contributed by atoms with Gasteiger partial charge in [-0.05, 0) is 42.7 Å². The predicted octanol–water partition coefficient (Wildman–Crippen LogP) is 4.71. The maximum atomic E-state index is 11.4. The second-order valence-corrected chi connectivity index (χ2v) is 7.57. The maximum absolute atomic E-state index is 11.4. The van der Waals surface area contributed by atoms with E-state index in [-0.39, 0.29) is 16.7 Å². The van der Waals surface area contributed by atoms with Crippen molar-refractivity contribution in [2.24, 2.45) is 0 Å². The van der Waals surface area contributed by atoms with Crippen LogP contribution in [0.2, 0.25) is 10.0 Å². The molecule has 2 heterocycles. The second-order valence-electron chi connectivity index (χ2n) is 5.71. The summed E-state index contributed by atoms with van der Waals surface area (Å²) in [4.78, 5) is 18.7. The number of benzene rings is 1. The molecule has 0 aliphatic heterocycles. The fourth-order valence-corrected chi connectivity index (χ4v) is 4.33. The highest BCUT2D eigenvalue weighted by Gasteiger charge is 2.30. The number of hydrogen-bond acceptors (Lipinski definition) is 5. The van der Waals surface area contributed by atoms with Crippen LogP contribution in [-0.4, -0.2) is 15.1 Å². The number of hydrogen-bond donors (Lipinski definition) is 2. The molecule has 0 amide bonds. The normalized spacial score (nSPS) is 16.0. The van der Waals surface area contributed by atoms with E-state index in [1.165, 1.54) is 0 Å². The Hall–Kier alpha value is -2.02. The number of rotatable bonds is 3. The smallest absolute Gasteiger partial charge is 0.307 e. The Balaban J connectivity index is 1.63. The standard InChI is InChI=1S/C17H12Cl2N2O3S/c18-9-2-4-13(12(19)6-9)24-10-5-8-1-3-11(14(8)20-7-10)15-16(22)21-17(23)25-15/h2,4-7,11,22H,1,3H2,(H,21,23)/t11-/m1/s1. The summed E-state index contributed by atoms with van der Waals surface area (Å²) in [6.07, 6.45) is 3.20. The number of aryl methyl sites for hydroxylation is 1. The lowest BCUT2D eigenvalue weighted by atomic mass is 10.1. The number of pyridine rings is 1. The molecule has 0 unspecified atom stereocenters. The van der Waals surface area contributed by atoms with Crippen molar-refractivity contribution in [1.29, 1.82) is 0 Å². The highest BCUT2D eigenvalue weighted by atomic mass is 35.5. The molecular formula is C17H12Cl2N2O3S. The van der Waals surface area contributed by atoms with Gasteiger partial charge < -0.3 is 9.84 Å². The van der Waals surface area contributed by atoms with Crippen LogP contribution in [0.15, 0.2) is 35.3 Å². The topological polar surface area (TPSA) is 75.2 Å². The summed E-state index contributed by atoms with van der Waals surface area (Å²) in [7, 11) is 0. The van der Waals surface area contributed by atoms with E-state index in [0.29, 0.717) is 26.4 Å². The molecule has 25 heavy (non-hydrogen) atoms. The van der Waals surface area contributed by atoms with Crippen LogP contribution >= 0.6 is 34.5 Å². The summed E-state index contributed by atoms with van der Waals surface area (Å²) < 4.78 is 5.80. The predicted molar refractivity (Wildman–Crippen MR) is 97.5 cm³/mol. The molecule has 1 aliphatic carbocycles. The van der Waals surface area contributed by atoms with Gasteiger partial charge in [-0.3, -0.25) is 14.8 Å². The number of fused-ring (bicyclic) bond motifs is 1. The van der Waals surface area contributed by atoms with Crippen molar-refractivity contribution in [3.8, 4) is 17.4 Å². The Morgan fingerprint density at radius 1 is 1.32 bits per heavy atom. The summed E-state index contributed by atoms with van der Waals surface area (Å²) >= 11 is 13.0. The summed E-state index contributed by atoms with van der Waals surface area (Å²) in [6.45, 7) is 0. The number of halogens is 2. The molecule has 0 bridgehead atoms. The van der Waals surface area contributed by atoms with Crippen LogP contribution in [0.3, 0.4) is 0 Å². The minimum absolute atomic E-state index is 0.0667. The third-order valence-corrected chi connectivity index (χ3v) is 5.62. The fourth-order valence-electron chi connectivity index (χ4n) is 3.01. The molecule has 8 heteroatoms. The Bertz CT molecular complexity index is 1020. The number of ether oxygens (including phenoxy) is 1. The molecule has 2 aromatic heterocycles. The van der Waals surface area contributed by atoms with Gasteiger partial charge in [0.05, 0.1) is 21.8 Å². The minimum atomic E-state index is -0.265. The lowest BCUT2D eigenvalue weighted by Crippen LogP contribution is -1.98. The van der Waals surface area contributed by atoms with Crippen molar-refractivity contribution in [3.05, 3.63) is 66.3 Å². The number of nitrogens with one attached hydrogen (secondary N) is 1. The summed E-state index contributed by atoms with van der Waals surface area (Å²) in [5.74, 6) is 0.939. The number of H-pyrrole nitrogens is 1. The molecule has 0 spiro atoms. The molecule has 0 saturated carbocycles. The van der Waals surface area contributed by atoms with Crippen LogP contribution in [0, 0.1) is 0 Å². The van der Waals surface area contributed by atoms with Crippen LogP contribution in [0.1, 0.15) is 28.5 Å². The molecule has 5 nitrogen and oxygen atoms in total. The zero-order valence-electron chi connectivity index (χ0n) is 12.8. The fraction of sp³-hybridized carbons (Fsp3) is 0.176. The Kier molecular flexibility index (Phi) is 4.19. The molecule has 3 aromatic rings. The molecule has 2 N–H and O–H groups in total. The van der Waals surface area contributed by atoms with E-state index >= 15 is 0 Å². The van der Waals surface area contributed by atoms with Crippen molar-refractivity contribution < 1.29 is 9.84 Å². The number of aromatic amines is 1. The molecule has 128 valence electrons. The minimum Gasteiger partial charge on any atom is -0.494 e. The monoisotopic (exact) mass is 394 g/mol. The molecule has 0 fully saturated rings. The third kappa shape index (κ3) is 3.13. The molecule has 0 saturated heterocycles. The first-order valence-electron chi connectivity index (χ1n) is 7.55. The summed E-state index contributed by atoms with van der Waals surface area (Å²) in [5.41, 5.74) is 1.90. The van der Waals surface area contributed by atoms with Gasteiger partial charge in [-0.1, -0.05) is 34.5 Å². The van der Waals surface area contributed by atoms with Gasteiger partial charge >= 0.3 is 4.87 Å². The number of aromatic hydroxyl groups is 1. The molecule has 1 aliphatic rings. The van der Waals surface area contributed by atoms with Crippen LogP contribution in [0.5, 0.6) is 17.4 Å². The largest absolute Gasteiger partial charge is 0.494 e. The van der Waals surface area contributed by atoms with Gasteiger partial charge in [-0.2, -0.15) is 0 Å². The molecule has 4 rings (SSSR count). The van der Waals surface area contributed by atoms with E-state index in [4.69, 9.17) is 27.9 Å². The Morgan fingerprint density at radius 3 is 2.88 bits per heavy atom. The lowest BCUT2D eigenvalue weighted by molar-refractivity contribution is 0.446. The number of nitrogens with zero attached hydrogens (tertiary/aromatic N) is 1. The molecule has 0 radical (unpaired) electrons. The summed E-state index contributed by atoms with van der Waals surface area (Å²) in [6, 6.07) is 6.94. The van der Waals surface area contributed by atoms with E-state index < -0.39 is 0 Å². The third-order valence-electron chi connectivity index (χ3n) is 4.10. The number of thiazole rings is 1. The van der Waals surface area contributed by atoms with Crippen LogP contribution in [0.25, 0.3) is 0 Å². The average molecular weight is 395 g/mol. The van der Waals surface area contributed by atoms with Crippen LogP contribution in [0.4, 0.5) is 0 Å².